The second-order valence-corrected chi connectivity index (χ2v) is 12.6. The van der Waals surface area contributed by atoms with Gasteiger partial charge in [-0.25, -0.2) is 0 Å². The summed E-state index contributed by atoms with van der Waals surface area (Å²) in [6.45, 7) is 11.4. The largest absolute Gasteiger partial charge is 0.356 e. The molecule has 8 heteroatoms. The number of nitrogens with one attached hydrogen (secondary N) is 3. The lowest BCUT2D eigenvalue weighted by molar-refractivity contribution is -0.304. The number of allylic oxidation sites excluding steroid dienone is 2. The summed E-state index contributed by atoms with van der Waals surface area (Å²) in [6.07, 6.45) is 21.7. The van der Waals surface area contributed by atoms with E-state index in [0.29, 0.717) is 32.5 Å². The minimum Gasteiger partial charge on any atom is -0.356 e. The van der Waals surface area contributed by atoms with Crippen molar-refractivity contribution in [2.75, 3.05) is 26.2 Å². The molecule has 3 amide bonds. The summed E-state index contributed by atoms with van der Waals surface area (Å²) in [5.74, 6) is -1.09. The van der Waals surface area contributed by atoms with Crippen molar-refractivity contribution in [2.24, 2.45) is 5.41 Å². The fourth-order valence-corrected chi connectivity index (χ4v) is 4.79. The van der Waals surface area contributed by atoms with Crippen LogP contribution in [-0.2, 0) is 23.9 Å². The predicted octanol–water partition coefficient (Wildman–Crippen LogP) is 6.33. The quantitative estimate of drug-likeness (QED) is 0.0969. The highest BCUT2D eigenvalue weighted by Crippen LogP contribution is 2.34. The third-order valence-electron chi connectivity index (χ3n) is 7.46. The first-order chi connectivity index (χ1) is 19.6. The first-order valence-corrected chi connectivity index (χ1v) is 16.4. The zero-order valence-electron chi connectivity index (χ0n) is 26.9. The summed E-state index contributed by atoms with van der Waals surface area (Å²) in [5.41, 5.74) is -0.448. The third-order valence-corrected chi connectivity index (χ3v) is 7.46. The van der Waals surface area contributed by atoms with E-state index in [1.165, 1.54) is 70.6 Å². The molecule has 1 aliphatic rings. The van der Waals surface area contributed by atoms with Gasteiger partial charge in [-0.05, 0) is 52.4 Å². The van der Waals surface area contributed by atoms with E-state index in [1.807, 2.05) is 13.8 Å². The number of ether oxygens (including phenoxy) is 2. The van der Waals surface area contributed by atoms with E-state index in [0.717, 1.165) is 12.8 Å². The Hall–Kier alpha value is -1.93. The third kappa shape index (κ3) is 19.0. The Labute approximate surface area is 250 Å². The number of carbonyl (C=O) groups excluding carboxylic acids is 3. The maximum atomic E-state index is 12.6. The lowest BCUT2D eigenvalue weighted by Crippen LogP contribution is -2.56. The van der Waals surface area contributed by atoms with Gasteiger partial charge in [-0.2, -0.15) is 0 Å². The molecule has 1 unspecified atom stereocenters. The van der Waals surface area contributed by atoms with Gasteiger partial charge in [0.25, 0.3) is 0 Å². The van der Waals surface area contributed by atoms with Crippen LogP contribution < -0.4 is 16.0 Å². The number of hydrogen-bond donors (Lipinski definition) is 3. The zero-order chi connectivity index (χ0) is 30.4. The highest BCUT2D eigenvalue weighted by molar-refractivity contribution is 5.83. The Kier molecular flexibility index (Phi) is 19.7. The molecule has 0 aliphatic carbocycles. The van der Waals surface area contributed by atoms with E-state index < -0.39 is 17.3 Å². The molecule has 0 bridgehead atoms. The zero-order valence-corrected chi connectivity index (χ0v) is 26.9. The Morgan fingerprint density at radius 1 is 0.683 bits per heavy atom. The van der Waals surface area contributed by atoms with Crippen LogP contribution in [0.1, 0.15) is 137 Å². The number of amides is 3. The minimum absolute atomic E-state index is 0.0816. The molecule has 238 valence electrons. The molecule has 1 rings (SSSR count). The van der Waals surface area contributed by atoms with Crippen molar-refractivity contribution in [2.45, 2.75) is 149 Å². The molecular weight excluding hydrogens is 518 g/mol. The van der Waals surface area contributed by atoms with Crippen LogP contribution in [-0.4, -0.2) is 55.9 Å². The number of unbranched alkanes of at least 4 members (excludes halogenated alkanes) is 11. The van der Waals surface area contributed by atoms with Crippen LogP contribution in [0.2, 0.25) is 0 Å². The van der Waals surface area contributed by atoms with Crippen molar-refractivity contribution in [1.29, 1.82) is 0 Å². The van der Waals surface area contributed by atoms with Gasteiger partial charge in [0.05, 0.1) is 6.61 Å². The Morgan fingerprint density at radius 3 is 1.83 bits per heavy atom. The predicted molar refractivity (Wildman–Crippen MR) is 166 cm³/mol. The van der Waals surface area contributed by atoms with Gasteiger partial charge in [-0.1, -0.05) is 84.3 Å². The number of rotatable bonds is 23. The molecule has 1 fully saturated rings. The second-order valence-electron chi connectivity index (χ2n) is 12.6. The van der Waals surface area contributed by atoms with Crippen LogP contribution in [0.3, 0.4) is 0 Å². The molecular formula is C33H61N3O5. The van der Waals surface area contributed by atoms with Gasteiger partial charge >= 0.3 is 0 Å². The van der Waals surface area contributed by atoms with E-state index in [1.54, 1.807) is 13.8 Å². The van der Waals surface area contributed by atoms with Crippen molar-refractivity contribution in [1.82, 2.24) is 16.0 Å². The van der Waals surface area contributed by atoms with Crippen molar-refractivity contribution in [3.63, 3.8) is 0 Å². The number of hydrogen-bond acceptors (Lipinski definition) is 5. The van der Waals surface area contributed by atoms with Crippen LogP contribution >= 0.6 is 0 Å². The molecule has 1 aliphatic heterocycles. The van der Waals surface area contributed by atoms with Gasteiger partial charge < -0.3 is 25.4 Å². The monoisotopic (exact) mass is 579 g/mol. The van der Waals surface area contributed by atoms with Crippen LogP contribution in [0.15, 0.2) is 12.2 Å². The fourth-order valence-electron chi connectivity index (χ4n) is 4.79. The van der Waals surface area contributed by atoms with E-state index in [4.69, 9.17) is 9.47 Å². The molecule has 0 saturated carbocycles. The van der Waals surface area contributed by atoms with E-state index >= 15 is 0 Å². The van der Waals surface area contributed by atoms with Gasteiger partial charge in [-0.15, -0.1) is 0 Å². The summed E-state index contributed by atoms with van der Waals surface area (Å²) in [7, 11) is 0. The van der Waals surface area contributed by atoms with Crippen LogP contribution in [0.5, 0.6) is 0 Å². The molecule has 0 spiro atoms. The summed E-state index contributed by atoms with van der Waals surface area (Å²) in [5, 5.41) is 8.58. The molecule has 3 N–H and O–H groups in total. The summed E-state index contributed by atoms with van der Waals surface area (Å²) >= 11 is 0. The smallest absolute Gasteiger partial charge is 0.249 e. The van der Waals surface area contributed by atoms with Crippen LogP contribution in [0.4, 0.5) is 0 Å². The second kappa shape index (κ2) is 21.7. The van der Waals surface area contributed by atoms with Crippen molar-refractivity contribution >= 4 is 17.7 Å². The maximum absolute atomic E-state index is 12.6. The van der Waals surface area contributed by atoms with Crippen LogP contribution in [0.25, 0.3) is 0 Å². The topological polar surface area (TPSA) is 106 Å². The molecule has 41 heavy (non-hydrogen) atoms. The van der Waals surface area contributed by atoms with E-state index in [2.05, 4.69) is 35.0 Å². The average molecular weight is 580 g/mol. The van der Waals surface area contributed by atoms with Crippen molar-refractivity contribution in [3.8, 4) is 0 Å². The summed E-state index contributed by atoms with van der Waals surface area (Å²) in [6, 6.07) is 0. The highest BCUT2D eigenvalue weighted by atomic mass is 16.7. The molecule has 8 nitrogen and oxygen atoms in total. The first kappa shape index (κ1) is 37.1. The molecule has 1 atom stereocenters. The fraction of sp³-hybridized carbons (Fsp3) is 0.848. The number of carbonyl (C=O) groups is 3. The first-order valence-electron chi connectivity index (χ1n) is 16.4. The van der Waals surface area contributed by atoms with Gasteiger partial charge in [0.15, 0.2) is 5.79 Å². The molecule has 0 aromatic heterocycles. The van der Waals surface area contributed by atoms with E-state index in [9.17, 15) is 14.4 Å². The van der Waals surface area contributed by atoms with Gasteiger partial charge in [-0.3, -0.25) is 14.4 Å². The van der Waals surface area contributed by atoms with Gasteiger partial charge in [0.1, 0.15) is 6.10 Å². The SMILES string of the molecule is CCCCCCCC/C=C\CCCCCCCC(=O)NCCCNC(=O)CCNC(=O)C1OC(C)(C)OCC1(C)C. The summed E-state index contributed by atoms with van der Waals surface area (Å²) in [4.78, 5) is 36.7. The van der Waals surface area contributed by atoms with Gasteiger partial charge in [0.2, 0.25) is 17.7 Å². The molecule has 0 radical (unpaired) electrons. The molecule has 1 saturated heterocycles. The lowest BCUT2D eigenvalue weighted by atomic mass is 9.85. The Morgan fingerprint density at radius 2 is 1.22 bits per heavy atom. The minimum atomic E-state index is -0.811. The standard InChI is InChI=1S/C33H61N3O5/c1-6-7-8-9-10-11-12-13-14-15-16-17-18-19-20-22-28(37)34-24-21-25-35-29(38)23-26-36-31(39)30-32(2,3)27-40-33(4,5)41-30/h13-14,30H,6-12,15-27H2,1-5H3,(H,34,37)(H,35,38)(H,36,39)/b14-13-. The molecule has 1 heterocycles. The maximum Gasteiger partial charge on any atom is 0.249 e. The van der Waals surface area contributed by atoms with Gasteiger partial charge in [0, 0.05) is 37.9 Å². The molecule has 0 aromatic carbocycles. The van der Waals surface area contributed by atoms with Crippen LogP contribution in [0, 0.1) is 5.41 Å². The van der Waals surface area contributed by atoms with Crippen molar-refractivity contribution < 1.29 is 23.9 Å². The lowest BCUT2D eigenvalue weighted by Gasteiger charge is -2.44. The Balaban J connectivity index is 1.93. The van der Waals surface area contributed by atoms with Crippen molar-refractivity contribution in [3.05, 3.63) is 12.2 Å². The normalized spacial score (nSPS) is 17.8. The molecule has 0 aromatic rings. The summed E-state index contributed by atoms with van der Waals surface area (Å²) < 4.78 is 11.5. The Bertz CT molecular complexity index is 766. The van der Waals surface area contributed by atoms with E-state index in [-0.39, 0.29) is 30.7 Å². The average Bonchev–Trinajstić information content (AvgIpc) is 2.92. The highest BCUT2D eigenvalue weighted by Gasteiger charge is 2.45.